The Labute approximate surface area is 98.7 Å². The standard InChI is InChI=1S/C10H18N4O3/c1-13-8(12-11-5-3-4-6-15)7-9(16)14(2)10(13)17/h7,11-12,15H,3-6H2,1-2H3. The number of nitrogens with one attached hydrogen (secondary N) is 2. The fourth-order valence-corrected chi connectivity index (χ4v) is 1.33. The summed E-state index contributed by atoms with van der Waals surface area (Å²) in [6.07, 6.45) is 1.52. The molecule has 1 heterocycles. The minimum Gasteiger partial charge on any atom is -0.396 e. The molecule has 0 spiro atoms. The van der Waals surface area contributed by atoms with Crippen LogP contribution in [0.2, 0.25) is 0 Å². The van der Waals surface area contributed by atoms with Gasteiger partial charge in [-0.25, -0.2) is 10.2 Å². The van der Waals surface area contributed by atoms with Crippen LogP contribution in [-0.2, 0) is 14.1 Å². The van der Waals surface area contributed by atoms with Crippen molar-refractivity contribution in [1.29, 1.82) is 0 Å². The van der Waals surface area contributed by atoms with Crippen molar-refractivity contribution in [2.45, 2.75) is 12.8 Å². The number of nitrogens with zero attached hydrogens (tertiary/aromatic N) is 2. The van der Waals surface area contributed by atoms with Gasteiger partial charge < -0.3 is 10.5 Å². The van der Waals surface area contributed by atoms with Crippen molar-refractivity contribution in [3.63, 3.8) is 0 Å². The zero-order valence-corrected chi connectivity index (χ0v) is 10.1. The van der Waals surface area contributed by atoms with Crippen LogP contribution in [0.15, 0.2) is 15.7 Å². The highest BCUT2D eigenvalue weighted by atomic mass is 16.3. The molecule has 1 aromatic rings. The lowest BCUT2D eigenvalue weighted by Crippen LogP contribution is -2.39. The van der Waals surface area contributed by atoms with Gasteiger partial charge in [-0.2, -0.15) is 0 Å². The lowest BCUT2D eigenvalue weighted by Gasteiger charge is -2.12. The molecule has 0 atom stereocenters. The second-order valence-electron chi connectivity index (χ2n) is 3.75. The van der Waals surface area contributed by atoms with Gasteiger partial charge in [-0.3, -0.25) is 13.9 Å². The van der Waals surface area contributed by atoms with Crippen LogP contribution in [0.25, 0.3) is 0 Å². The zero-order chi connectivity index (χ0) is 12.8. The largest absolute Gasteiger partial charge is 0.396 e. The minimum atomic E-state index is -0.378. The second-order valence-corrected chi connectivity index (χ2v) is 3.75. The fraction of sp³-hybridized carbons (Fsp3) is 0.600. The third-order valence-electron chi connectivity index (χ3n) is 2.45. The van der Waals surface area contributed by atoms with Crippen molar-refractivity contribution in [2.24, 2.45) is 14.1 Å². The predicted octanol–water partition coefficient (Wildman–Crippen LogP) is -1.23. The number of anilines is 1. The van der Waals surface area contributed by atoms with Crippen LogP contribution in [0.4, 0.5) is 5.82 Å². The first kappa shape index (κ1) is 13.5. The van der Waals surface area contributed by atoms with Gasteiger partial charge >= 0.3 is 5.69 Å². The molecule has 0 bridgehead atoms. The molecule has 0 aliphatic heterocycles. The van der Waals surface area contributed by atoms with E-state index in [2.05, 4.69) is 10.9 Å². The summed E-state index contributed by atoms with van der Waals surface area (Å²) in [5.41, 5.74) is 4.95. The first-order valence-corrected chi connectivity index (χ1v) is 5.44. The molecule has 0 saturated carbocycles. The van der Waals surface area contributed by atoms with Gasteiger partial charge in [0.2, 0.25) is 0 Å². The third-order valence-corrected chi connectivity index (χ3v) is 2.45. The van der Waals surface area contributed by atoms with E-state index in [1.165, 1.54) is 17.7 Å². The van der Waals surface area contributed by atoms with Crippen LogP contribution in [0.1, 0.15) is 12.8 Å². The van der Waals surface area contributed by atoms with Crippen molar-refractivity contribution in [3.8, 4) is 0 Å². The molecule has 17 heavy (non-hydrogen) atoms. The molecule has 96 valence electrons. The highest BCUT2D eigenvalue weighted by molar-refractivity contribution is 5.32. The number of unbranched alkanes of at least 4 members (excludes halogenated alkanes) is 1. The number of aliphatic hydroxyl groups is 1. The summed E-state index contributed by atoms with van der Waals surface area (Å²) in [5, 5.41) is 8.59. The van der Waals surface area contributed by atoms with Gasteiger partial charge in [-0.1, -0.05) is 0 Å². The Hall–Kier alpha value is -1.60. The molecule has 3 N–H and O–H groups in total. The molecule has 7 heteroatoms. The highest BCUT2D eigenvalue weighted by Gasteiger charge is 2.04. The molecular formula is C10H18N4O3. The van der Waals surface area contributed by atoms with Crippen LogP contribution in [-0.4, -0.2) is 27.4 Å². The van der Waals surface area contributed by atoms with Crippen LogP contribution in [0, 0.1) is 0 Å². The molecule has 0 fully saturated rings. The van der Waals surface area contributed by atoms with E-state index >= 15 is 0 Å². The number of aromatic nitrogens is 2. The van der Waals surface area contributed by atoms with Gasteiger partial charge in [0.1, 0.15) is 5.82 Å². The molecule has 0 saturated heterocycles. The normalized spacial score (nSPS) is 10.5. The molecule has 0 radical (unpaired) electrons. The first-order chi connectivity index (χ1) is 8.07. The number of hydrogen-bond acceptors (Lipinski definition) is 5. The van der Waals surface area contributed by atoms with E-state index in [4.69, 9.17) is 5.11 Å². The maximum absolute atomic E-state index is 11.6. The van der Waals surface area contributed by atoms with Gasteiger partial charge in [0.15, 0.2) is 0 Å². The molecule has 0 unspecified atom stereocenters. The van der Waals surface area contributed by atoms with Crippen LogP contribution in [0.5, 0.6) is 0 Å². The summed E-state index contributed by atoms with van der Waals surface area (Å²) in [6, 6.07) is 1.35. The maximum atomic E-state index is 11.6. The summed E-state index contributed by atoms with van der Waals surface area (Å²) < 4.78 is 2.39. The second kappa shape index (κ2) is 6.21. The highest BCUT2D eigenvalue weighted by Crippen LogP contribution is 1.95. The molecule has 0 aliphatic rings. The summed E-state index contributed by atoms with van der Waals surface area (Å²) in [5.74, 6) is 0.419. The number of aliphatic hydroxyl groups excluding tert-OH is 1. The molecule has 1 rings (SSSR count). The summed E-state index contributed by atoms with van der Waals surface area (Å²) in [6.45, 7) is 0.802. The van der Waals surface area contributed by atoms with E-state index in [1.54, 1.807) is 7.05 Å². The Balaban J connectivity index is 2.66. The number of rotatable bonds is 6. The summed E-state index contributed by atoms with van der Waals surface area (Å²) in [7, 11) is 3.02. The van der Waals surface area contributed by atoms with E-state index in [0.717, 1.165) is 11.0 Å². The number of hydrazine groups is 1. The lowest BCUT2D eigenvalue weighted by atomic mass is 10.3. The molecule has 1 aromatic heterocycles. The van der Waals surface area contributed by atoms with Crippen molar-refractivity contribution >= 4 is 5.82 Å². The molecule has 0 amide bonds. The Bertz CT molecular complexity index is 477. The maximum Gasteiger partial charge on any atom is 0.332 e. The summed E-state index contributed by atoms with van der Waals surface area (Å²) in [4.78, 5) is 23.0. The summed E-state index contributed by atoms with van der Waals surface area (Å²) >= 11 is 0. The Morgan fingerprint density at radius 2 is 1.94 bits per heavy atom. The van der Waals surface area contributed by atoms with E-state index in [1.807, 2.05) is 0 Å². The Kier molecular flexibility index (Phi) is 4.92. The van der Waals surface area contributed by atoms with E-state index in [-0.39, 0.29) is 17.9 Å². The Morgan fingerprint density at radius 3 is 2.59 bits per heavy atom. The SMILES string of the molecule is Cn1c(NNCCCCO)cc(=O)n(C)c1=O. The van der Waals surface area contributed by atoms with E-state index < -0.39 is 0 Å². The van der Waals surface area contributed by atoms with Gasteiger partial charge in [-0.15, -0.1) is 0 Å². The van der Waals surface area contributed by atoms with Gasteiger partial charge in [0.05, 0.1) is 0 Å². The quantitative estimate of drug-likeness (QED) is 0.429. The molecular weight excluding hydrogens is 224 g/mol. The van der Waals surface area contributed by atoms with Crippen LogP contribution in [0.3, 0.4) is 0 Å². The molecule has 0 aliphatic carbocycles. The van der Waals surface area contributed by atoms with Crippen molar-refractivity contribution in [1.82, 2.24) is 14.6 Å². The van der Waals surface area contributed by atoms with E-state index in [9.17, 15) is 9.59 Å². The fourth-order valence-electron chi connectivity index (χ4n) is 1.33. The molecule has 0 aromatic carbocycles. The smallest absolute Gasteiger partial charge is 0.332 e. The van der Waals surface area contributed by atoms with Gasteiger partial charge in [0.25, 0.3) is 5.56 Å². The van der Waals surface area contributed by atoms with Crippen molar-refractivity contribution in [3.05, 3.63) is 26.9 Å². The van der Waals surface area contributed by atoms with Crippen LogP contribution >= 0.6 is 0 Å². The van der Waals surface area contributed by atoms with Crippen molar-refractivity contribution < 1.29 is 5.11 Å². The minimum absolute atomic E-state index is 0.159. The zero-order valence-electron chi connectivity index (χ0n) is 10.1. The lowest BCUT2D eigenvalue weighted by molar-refractivity contribution is 0.284. The van der Waals surface area contributed by atoms with Crippen LogP contribution < -0.4 is 22.1 Å². The monoisotopic (exact) mass is 242 g/mol. The first-order valence-electron chi connectivity index (χ1n) is 5.44. The Morgan fingerprint density at radius 1 is 1.24 bits per heavy atom. The van der Waals surface area contributed by atoms with Gasteiger partial charge in [-0.05, 0) is 12.8 Å². The number of hydrogen-bond donors (Lipinski definition) is 3. The van der Waals surface area contributed by atoms with Gasteiger partial charge in [0, 0.05) is 33.3 Å². The average Bonchev–Trinajstić information content (AvgIpc) is 2.32. The van der Waals surface area contributed by atoms with E-state index in [0.29, 0.717) is 18.8 Å². The third kappa shape index (κ3) is 3.43. The molecule has 7 nitrogen and oxygen atoms in total. The average molecular weight is 242 g/mol. The topological polar surface area (TPSA) is 88.3 Å². The van der Waals surface area contributed by atoms with Crippen molar-refractivity contribution in [2.75, 3.05) is 18.6 Å². The predicted molar refractivity (Wildman–Crippen MR) is 64.9 cm³/mol.